The van der Waals surface area contributed by atoms with E-state index in [4.69, 9.17) is 4.74 Å². The van der Waals surface area contributed by atoms with Crippen LogP contribution in [0.4, 0.5) is 0 Å². The Hall–Kier alpha value is -1.85. The van der Waals surface area contributed by atoms with Gasteiger partial charge in [0.1, 0.15) is 5.75 Å². The van der Waals surface area contributed by atoms with Gasteiger partial charge in [0, 0.05) is 18.8 Å². The van der Waals surface area contributed by atoms with Gasteiger partial charge in [-0.2, -0.15) is 0 Å². The van der Waals surface area contributed by atoms with Gasteiger partial charge in [-0.3, -0.25) is 0 Å². The Morgan fingerprint density at radius 1 is 1.13 bits per heavy atom. The molecule has 0 saturated heterocycles. The molecule has 2 aromatic rings. The number of sulfone groups is 1. The highest BCUT2D eigenvalue weighted by molar-refractivity contribution is 7.90. The lowest BCUT2D eigenvalue weighted by Gasteiger charge is -2.15. The summed E-state index contributed by atoms with van der Waals surface area (Å²) in [6.07, 6.45) is 1.22. The minimum atomic E-state index is -3.15. The highest BCUT2D eigenvalue weighted by Gasteiger charge is 2.09. The van der Waals surface area contributed by atoms with Crippen molar-refractivity contribution in [2.75, 3.05) is 12.9 Å². The Morgan fingerprint density at radius 3 is 2.43 bits per heavy atom. The van der Waals surface area contributed by atoms with Gasteiger partial charge in [0.15, 0.2) is 9.84 Å². The fraction of sp³-hybridized carbons (Fsp3) is 0.333. The molecule has 23 heavy (non-hydrogen) atoms. The molecule has 0 radical (unpaired) electrons. The Balaban J connectivity index is 1.99. The normalized spacial score (nSPS) is 12.8. The Bertz CT molecular complexity index is 739. The third-order valence-electron chi connectivity index (χ3n) is 3.63. The zero-order chi connectivity index (χ0) is 16.9. The number of hydrogen-bond acceptors (Lipinski definition) is 4. The smallest absolute Gasteiger partial charge is 0.175 e. The number of ether oxygens (including phenoxy) is 1. The molecule has 0 saturated carbocycles. The molecule has 0 fully saturated rings. The molecule has 5 heteroatoms. The van der Waals surface area contributed by atoms with E-state index < -0.39 is 9.84 Å². The van der Waals surface area contributed by atoms with Crippen LogP contribution in [0.5, 0.6) is 5.75 Å². The minimum absolute atomic E-state index is 0.124. The van der Waals surface area contributed by atoms with Crippen molar-refractivity contribution in [1.29, 1.82) is 0 Å². The highest BCUT2D eigenvalue weighted by atomic mass is 32.2. The lowest BCUT2D eigenvalue weighted by molar-refractivity contribution is 0.339. The molecule has 0 aromatic heterocycles. The van der Waals surface area contributed by atoms with Crippen LogP contribution in [0.2, 0.25) is 0 Å². The van der Waals surface area contributed by atoms with E-state index in [0.29, 0.717) is 11.5 Å². The van der Waals surface area contributed by atoms with E-state index in [-0.39, 0.29) is 6.04 Å². The molecule has 0 aliphatic carbocycles. The zero-order valence-electron chi connectivity index (χ0n) is 13.7. The molecule has 0 spiro atoms. The molecular formula is C18H23NO3S. The van der Waals surface area contributed by atoms with E-state index >= 15 is 0 Å². The maximum Gasteiger partial charge on any atom is 0.175 e. The quantitative estimate of drug-likeness (QED) is 0.844. The van der Waals surface area contributed by atoms with Crippen LogP contribution in [0.3, 0.4) is 0 Å². The van der Waals surface area contributed by atoms with Crippen molar-refractivity contribution < 1.29 is 13.2 Å². The second kappa shape index (κ2) is 7.62. The fourth-order valence-electron chi connectivity index (χ4n) is 2.30. The molecule has 1 N–H and O–H groups in total. The van der Waals surface area contributed by atoms with Crippen LogP contribution >= 0.6 is 0 Å². The summed E-state index contributed by atoms with van der Waals surface area (Å²) in [6.45, 7) is 5.39. The summed E-state index contributed by atoms with van der Waals surface area (Å²) in [5.41, 5.74) is 2.20. The molecule has 124 valence electrons. The molecular weight excluding hydrogens is 310 g/mol. The largest absolute Gasteiger partial charge is 0.494 e. The first kappa shape index (κ1) is 17.5. The van der Waals surface area contributed by atoms with Gasteiger partial charge in [0.2, 0.25) is 0 Å². The first-order chi connectivity index (χ1) is 10.9. The predicted octanol–water partition coefficient (Wildman–Crippen LogP) is 3.34. The highest BCUT2D eigenvalue weighted by Crippen LogP contribution is 2.18. The SMILES string of the molecule is CCOc1cccc(CNC(C)c2ccc(S(C)(=O)=O)cc2)c1. The van der Waals surface area contributed by atoms with Gasteiger partial charge in [-0.1, -0.05) is 24.3 Å². The van der Waals surface area contributed by atoms with E-state index in [0.717, 1.165) is 23.4 Å². The van der Waals surface area contributed by atoms with Crippen molar-refractivity contribution in [3.05, 3.63) is 59.7 Å². The summed E-state index contributed by atoms with van der Waals surface area (Å²) in [6, 6.07) is 15.1. The summed E-state index contributed by atoms with van der Waals surface area (Å²) in [7, 11) is -3.15. The van der Waals surface area contributed by atoms with Gasteiger partial charge in [-0.25, -0.2) is 8.42 Å². The van der Waals surface area contributed by atoms with Crippen LogP contribution < -0.4 is 10.1 Å². The van der Waals surface area contributed by atoms with Gasteiger partial charge in [-0.05, 0) is 49.2 Å². The summed E-state index contributed by atoms with van der Waals surface area (Å²) >= 11 is 0. The van der Waals surface area contributed by atoms with E-state index in [1.807, 2.05) is 37.3 Å². The summed E-state index contributed by atoms with van der Waals surface area (Å²) < 4.78 is 28.5. The number of hydrogen-bond donors (Lipinski definition) is 1. The Kier molecular flexibility index (Phi) is 5.80. The number of rotatable bonds is 7. The third-order valence-corrected chi connectivity index (χ3v) is 4.76. The molecule has 2 rings (SSSR count). The lowest BCUT2D eigenvalue weighted by Crippen LogP contribution is -2.18. The average molecular weight is 333 g/mol. The van der Waals surface area contributed by atoms with Gasteiger partial charge >= 0.3 is 0 Å². The van der Waals surface area contributed by atoms with Crippen LogP contribution in [0, 0.1) is 0 Å². The monoisotopic (exact) mass is 333 g/mol. The van der Waals surface area contributed by atoms with Crippen LogP contribution in [0.1, 0.15) is 31.0 Å². The van der Waals surface area contributed by atoms with E-state index in [1.165, 1.54) is 6.26 Å². The van der Waals surface area contributed by atoms with Crippen LogP contribution in [0.25, 0.3) is 0 Å². The van der Waals surface area contributed by atoms with Gasteiger partial charge in [0.25, 0.3) is 0 Å². The van der Waals surface area contributed by atoms with Crippen molar-refractivity contribution >= 4 is 9.84 Å². The fourth-order valence-corrected chi connectivity index (χ4v) is 2.93. The maximum atomic E-state index is 11.5. The third kappa shape index (κ3) is 5.08. The standard InChI is InChI=1S/C18H23NO3S/c1-4-22-17-7-5-6-15(12-17)13-19-14(2)16-8-10-18(11-9-16)23(3,20)21/h5-12,14,19H,4,13H2,1-3H3. The zero-order valence-corrected chi connectivity index (χ0v) is 14.6. The summed E-state index contributed by atoms with van der Waals surface area (Å²) in [4.78, 5) is 0.345. The topological polar surface area (TPSA) is 55.4 Å². The van der Waals surface area contributed by atoms with Crippen molar-refractivity contribution in [3.63, 3.8) is 0 Å². The molecule has 0 aliphatic rings. The van der Waals surface area contributed by atoms with Crippen molar-refractivity contribution in [1.82, 2.24) is 5.32 Å². The lowest BCUT2D eigenvalue weighted by atomic mass is 10.1. The molecule has 1 atom stereocenters. The summed E-state index contributed by atoms with van der Waals surface area (Å²) in [5, 5.41) is 3.44. The molecule has 1 unspecified atom stereocenters. The van der Waals surface area contributed by atoms with Crippen LogP contribution in [0.15, 0.2) is 53.4 Å². The van der Waals surface area contributed by atoms with Gasteiger partial charge < -0.3 is 10.1 Å². The number of benzene rings is 2. The first-order valence-electron chi connectivity index (χ1n) is 7.65. The van der Waals surface area contributed by atoms with Gasteiger partial charge in [-0.15, -0.1) is 0 Å². The van der Waals surface area contributed by atoms with E-state index in [1.54, 1.807) is 12.1 Å². The van der Waals surface area contributed by atoms with Crippen molar-refractivity contribution in [2.24, 2.45) is 0 Å². The molecule has 0 heterocycles. The molecule has 0 bridgehead atoms. The first-order valence-corrected chi connectivity index (χ1v) is 9.54. The van der Waals surface area contributed by atoms with Crippen LogP contribution in [-0.4, -0.2) is 21.3 Å². The second-order valence-electron chi connectivity index (χ2n) is 5.52. The van der Waals surface area contributed by atoms with E-state index in [9.17, 15) is 8.42 Å². The molecule has 4 nitrogen and oxygen atoms in total. The molecule has 0 aliphatic heterocycles. The Morgan fingerprint density at radius 2 is 1.83 bits per heavy atom. The van der Waals surface area contributed by atoms with Crippen molar-refractivity contribution in [2.45, 2.75) is 31.3 Å². The van der Waals surface area contributed by atoms with E-state index in [2.05, 4.69) is 18.3 Å². The maximum absolute atomic E-state index is 11.5. The molecule has 2 aromatic carbocycles. The predicted molar refractivity (Wildman–Crippen MR) is 92.4 cm³/mol. The summed E-state index contributed by atoms with van der Waals surface area (Å²) in [5.74, 6) is 0.872. The van der Waals surface area contributed by atoms with Gasteiger partial charge in [0.05, 0.1) is 11.5 Å². The molecule has 0 amide bonds. The van der Waals surface area contributed by atoms with Crippen molar-refractivity contribution in [3.8, 4) is 5.75 Å². The second-order valence-corrected chi connectivity index (χ2v) is 7.54. The number of nitrogens with one attached hydrogen (secondary N) is 1. The minimum Gasteiger partial charge on any atom is -0.494 e. The van der Waals surface area contributed by atoms with Crippen LogP contribution in [-0.2, 0) is 16.4 Å². The average Bonchev–Trinajstić information content (AvgIpc) is 2.53. The Labute approximate surface area is 138 Å².